The Labute approximate surface area is 209 Å². The Hall–Kier alpha value is -3.08. The number of nitrogens with zero attached hydrogens (tertiary/aromatic N) is 1. The number of carbonyl (C=O) groups excluding carboxylic acids is 3. The number of ketones is 1. The number of imide groups is 1. The molecule has 0 saturated carbocycles. The Kier molecular flexibility index (Phi) is 5.98. The van der Waals surface area contributed by atoms with Gasteiger partial charge in [-0.2, -0.15) is 0 Å². The molecule has 1 N–H and O–H groups in total. The molecule has 11 heteroatoms. The van der Waals surface area contributed by atoms with E-state index in [9.17, 15) is 22.8 Å². The lowest BCUT2D eigenvalue weighted by Crippen LogP contribution is -2.43. The number of carbonyl (C=O) groups is 3. The quantitative estimate of drug-likeness (QED) is 0.484. The van der Waals surface area contributed by atoms with Gasteiger partial charge in [-0.05, 0) is 59.5 Å². The number of fused-ring (bicyclic) bond motifs is 3. The summed E-state index contributed by atoms with van der Waals surface area (Å²) in [6.45, 7) is 0.731. The number of rotatable bonds is 6. The Morgan fingerprint density at radius 1 is 1.11 bits per heavy atom. The molecule has 2 aliphatic heterocycles. The van der Waals surface area contributed by atoms with Crippen LogP contribution < -0.4 is 10.2 Å². The van der Waals surface area contributed by atoms with Gasteiger partial charge in [0, 0.05) is 24.2 Å². The Balaban J connectivity index is 1.35. The molecule has 3 aromatic rings. The molecular formula is C24H18ClFN2O5S2. The van der Waals surface area contributed by atoms with Gasteiger partial charge < -0.3 is 5.32 Å². The highest BCUT2D eigenvalue weighted by molar-refractivity contribution is 7.94. The minimum atomic E-state index is -3.85. The predicted octanol–water partition coefficient (Wildman–Crippen LogP) is 3.82. The monoisotopic (exact) mass is 532 g/mol. The van der Waals surface area contributed by atoms with Crippen LogP contribution in [-0.2, 0) is 38.7 Å². The number of hydrogen-bond acceptors (Lipinski definition) is 7. The Morgan fingerprint density at radius 3 is 2.63 bits per heavy atom. The lowest BCUT2D eigenvalue weighted by atomic mass is 9.91. The Morgan fingerprint density at radius 2 is 1.91 bits per heavy atom. The number of thiophene rings is 1. The standard InChI is InChI=1S/C24H18ClFN2O5S2/c25-21-5-6-23(34-21)35(32,33)12-14(29)9-13-1-4-20(18(26)10-13)28-22(30)11-17-15-7-8-27-19(15)3-2-16(17)24(28)31/h1-6,10,27H,7-9,11-12H2. The zero-order chi connectivity index (χ0) is 24.9. The smallest absolute Gasteiger partial charge is 0.265 e. The van der Waals surface area contributed by atoms with Gasteiger partial charge in [0.25, 0.3) is 5.91 Å². The summed E-state index contributed by atoms with van der Waals surface area (Å²) in [5.41, 5.74) is 2.91. The first-order valence-corrected chi connectivity index (χ1v) is 13.5. The molecule has 0 saturated heterocycles. The number of benzene rings is 2. The number of sulfone groups is 1. The van der Waals surface area contributed by atoms with Crippen LogP contribution in [0.1, 0.15) is 27.0 Å². The van der Waals surface area contributed by atoms with Crippen LogP contribution in [0.2, 0.25) is 4.34 Å². The van der Waals surface area contributed by atoms with Crippen LogP contribution >= 0.6 is 22.9 Å². The third-order valence-electron chi connectivity index (χ3n) is 5.99. The molecule has 0 spiro atoms. The lowest BCUT2D eigenvalue weighted by molar-refractivity contribution is -0.118. The molecule has 5 rings (SSSR count). The van der Waals surface area contributed by atoms with E-state index in [1.807, 2.05) is 0 Å². The topological polar surface area (TPSA) is 101 Å². The first-order valence-electron chi connectivity index (χ1n) is 10.7. The number of amides is 2. The van der Waals surface area contributed by atoms with Crippen molar-refractivity contribution in [3.63, 3.8) is 0 Å². The number of Topliss-reactive ketones (excluding diaryl/α,β-unsaturated/α-hetero) is 1. The van der Waals surface area contributed by atoms with E-state index >= 15 is 4.39 Å². The van der Waals surface area contributed by atoms with Crippen molar-refractivity contribution >= 4 is 61.7 Å². The van der Waals surface area contributed by atoms with E-state index in [-0.39, 0.29) is 28.3 Å². The summed E-state index contributed by atoms with van der Waals surface area (Å²) < 4.78 is 40.1. The van der Waals surface area contributed by atoms with Crippen molar-refractivity contribution in [2.24, 2.45) is 0 Å². The lowest BCUT2D eigenvalue weighted by Gasteiger charge is -2.28. The number of nitrogens with one attached hydrogen (secondary N) is 1. The van der Waals surface area contributed by atoms with Crippen molar-refractivity contribution in [2.75, 3.05) is 22.5 Å². The van der Waals surface area contributed by atoms with Crippen molar-refractivity contribution < 1.29 is 27.2 Å². The van der Waals surface area contributed by atoms with Gasteiger partial charge in [0.15, 0.2) is 15.6 Å². The summed E-state index contributed by atoms with van der Waals surface area (Å²) in [4.78, 5) is 39.2. The molecule has 3 heterocycles. The maximum absolute atomic E-state index is 15.0. The predicted molar refractivity (Wildman–Crippen MR) is 131 cm³/mol. The molecule has 0 unspecified atom stereocenters. The van der Waals surface area contributed by atoms with Crippen molar-refractivity contribution in [3.8, 4) is 0 Å². The van der Waals surface area contributed by atoms with Gasteiger partial charge in [-0.1, -0.05) is 17.7 Å². The van der Waals surface area contributed by atoms with Crippen LogP contribution in [0.15, 0.2) is 46.7 Å². The van der Waals surface area contributed by atoms with E-state index in [0.29, 0.717) is 21.9 Å². The van der Waals surface area contributed by atoms with E-state index < -0.39 is 39.0 Å². The fraction of sp³-hybridized carbons (Fsp3) is 0.208. The van der Waals surface area contributed by atoms with E-state index in [2.05, 4.69) is 5.32 Å². The highest BCUT2D eigenvalue weighted by Crippen LogP contribution is 2.35. The van der Waals surface area contributed by atoms with Gasteiger partial charge in [-0.15, -0.1) is 11.3 Å². The van der Waals surface area contributed by atoms with Gasteiger partial charge in [-0.25, -0.2) is 17.7 Å². The molecule has 180 valence electrons. The maximum Gasteiger partial charge on any atom is 0.265 e. The summed E-state index contributed by atoms with van der Waals surface area (Å²) in [6, 6.07) is 9.92. The molecule has 2 aromatic carbocycles. The van der Waals surface area contributed by atoms with Gasteiger partial charge in [0.1, 0.15) is 15.8 Å². The van der Waals surface area contributed by atoms with Crippen LogP contribution in [-0.4, -0.2) is 38.3 Å². The van der Waals surface area contributed by atoms with Crippen molar-refractivity contribution in [2.45, 2.75) is 23.5 Å². The highest BCUT2D eigenvalue weighted by Gasteiger charge is 2.36. The van der Waals surface area contributed by atoms with E-state index in [1.165, 1.54) is 24.3 Å². The fourth-order valence-corrected chi connectivity index (χ4v) is 7.26. The third kappa shape index (κ3) is 4.37. The number of hydrogen-bond donors (Lipinski definition) is 1. The van der Waals surface area contributed by atoms with Crippen LogP contribution in [0, 0.1) is 5.82 Å². The number of anilines is 2. The van der Waals surface area contributed by atoms with E-state index in [1.54, 1.807) is 12.1 Å². The van der Waals surface area contributed by atoms with Crippen molar-refractivity contribution in [1.29, 1.82) is 0 Å². The van der Waals surface area contributed by atoms with Gasteiger partial charge in [-0.3, -0.25) is 14.4 Å². The largest absolute Gasteiger partial charge is 0.384 e. The van der Waals surface area contributed by atoms with Gasteiger partial charge in [0.2, 0.25) is 5.91 Å². The average molecular weight is 533 g/mol. The minimum Gasteiger partial charge on any atom is -0.384 e. The van der Waals surface area contributed by atoms with Gasteiger partial charge >= 0.3 is 0 Å². The Bertz CT molecular complexity index is 1520. The molecule has 2 aliphatic rings. The summed E-state index contributed by atoms with van der Waals surface area (Å²) in [5.74, 6) is -3.35. The summed E-state index contributed by atoms with van der Waals surface area (Å²) >= 11 is 6.63. The SMILES string of the molecule is O=C(Cc1ccc(N2C(=O)Cc3c(ccc4c3CCN4)C2=O)c(F)c1)CS(=O)(=O)c1ccc(Cl)s1. The molecular weight excluding hydrogens is 515 g/mol. The molecule has 2 amide bonds. The molecule has 0 bridgehead atoms. The van der Waals surface area contributed by atoms with Crippen LogP contribution in [0.25, 0.3) is 0 Å². The first-order chi connectivity index (χ1) is 16.6. The average Bonchev–Trinajstić information content (AvgIpc) is 3.44. The summed E-state index contributed by atoms with van der Waals surface area (Å²) in [5, 5.41) is 3.21. The van der Waals surface area contributed by atoms with Gasteiger partial charge in [0.05, 0.1) is 16.4 Å². The molecule has 1 aromatic heterocycles. The second-order valence-corrected chi connectivity index (χ2v) is 12.3. The van der Waals surface area contributed by atoms with E-state index in [4.69, 9.17) is 11.6 Å². The highest BCUT2D eigenvalue weighted by atomic mass is 35.5. The van der Waals surface area contributed by atoms with Crippen molar-refractivity contribution in [1.82, 2.24) is 0 Å². The molecule has 0 radical (unpaired) electrons. The number of halogens is 2. The zero-order valence-electron chi connectivity index (χ0n) is 18.1. The molecule has 0 aliphatic carbocycles. The molecule has 7 nitrogen and oxygen atoms in total. The van der Waals surface area contributed by atoms with E-state index in [0.717, 1.165) is 40.1 Å². The summed E-state index contributed by atoms with van der Waals surface area (Å²) in [7, 11) is -3.85. The second-order valence-electron chi connectivity index (χ2n) is 8.32. The van der Waals surface area contributed by atoms with Crippen LogP contribution in [0.4, 0.5) is 15.8 Å². The zero-order valence-corrected chi connectivity index (χ0v) is 20.5. The van der Waals surface area contributed by atoms with Crippen molar-refractivity contribution in [3.05, 3.63) is 74.9 Å². The van der Waals surface area contributed by atoms with Crippen LogP contribution in [0.5, 0.6) is 0 Å². The first kappa shape index (κ1) is 23.7. The molecule has 0 fully saturated rings. The fourth-order valence-electron chi connectivity index (χ4n) is 4.44. The third-order valence-corrected chi connectivity index (χ3v) is 9.48. The molecule has 0 atom stereocenters. The minimum absolute atomic E-state index is 0.0128. The normalized spacial score (nSPS) is 15.1. The summed E-state index contributed by atoms with van der Waals surface area (Å²) in [6.07, 6.45) is 0.376. The maximum atomic E-state index is 15.0. The molecule has 35 heavy (non-hydrogen) atoms. The second kappa shape index (κ2) is 8.85. The van der Waals surface area contributed by atoms with Crippen LogP contribution in [0.3, 0.4) is 0 Å².